The Bertz CT molecular complexity index is 328. The maximum absolute atomic E-state index is 12.0. The summed E-state index contributed by atoms with van der Waals surface area (Å²) in [6.45, 7) is 11.8. The van der Waals surface area contributed by atoms with Crippen molar-refractivity contribution >= 4 is 5.91 Å². The minimum absolute atomic E-state index is 0.0729. The number of carbonyl (C=O) groups is 1. The molecule has 0 heterocycles. The van der Waals surface area contributed by atoms with Gasteiger partial charge in [-0.3, -0.25) is 4.79 Å². The van der Waals surface area contributed by atoms with Crippen molar-refractivity contribution in [2.45, 2.75) is 53.0 Å². The number of benzene rings is 1. The van der Waals surface area contributed by atoms with Gasteiger partial charge in [0, 0.05) is 6.04 Å². The summed E-state index contributed by atoms with van der Waals surface area (Å²) >= 11 is 0. The van der Waals surface area contributed by atoms with Gasteiger partial charge in [0.25, 0.3) is 0 Å². The molecule has 2 heteroatoms. The predicted molar refractivity (Wildman–Crippen MR) is 74.1 cm³/mol. The topological polar surface area (TPSA) is 29.1 Å². The Morgan fingerprint density at radius 3 is 2.00 bits per heavy atom. The molecule has 0 saturated heterocycles. The fourth-order valence-electron chi connectivity index (χ4n) is 1.43. The van der Waals surface area contributed by atoms with E-state index in [-0.39, 0.29) is 11.9 Å². The average Bonchev–Trinajstić information content (AvgIpc) is 2.32. The molecule has 0 radical (unpaired) electrons. The Morgan fingerprint density at radius 2 is 1.59 bits per heavy atom. The van der Waals surface area contributed by atoms with Crippen molar-refractivity contribution in [1.29, 1.82) is 0 Å². The van der Waals surface area contributed by atoms with Crippen molar-refractivity contribution in [2.75, 3.05) is 0 Å². The lowest BCUT2D eigenvalue weighted by atomic mass is 9.83. The molecule has 0 bridgehead atoms. The molecule has 0 aliphatic carbocycles. The summed E-state index contributed by atoms with van der Waals surface area (Å²) in [7, 11) is 0. The molecule has 0 aromatic heterocycles. The number of nitrogens with one attached hydrogen (secondary N) is 1. The fraction of sp³-hybridized carbons (Fsp3) is 0.533. The number of amides is 1. The minimum atomic E-state index is -0.467. The van der Waals surface area contributed by atoms with Gasteiger partial charge in [0.2, 0.25) is 5.91 Å². The second-order valence-electron chi connectivity index (χ2n) is 4.62. The molecular weight excluding hydrogens is 210 g/mol. The molecule has 1 N–H and O–H groups in total. The smallest absolute Gasteiger partial charge is 0.230 e. The van der Waals surface area contributed by atoms with E-state index in [0.29, 0.717) is 0 Å². The van der Waals surface area contributed by atoms with E-state index in [0.717, 1.165) is 5.56 Å². The van der Waals surface area contributed by atoms with Crippen LogP contribution in [-0.4, -0.2) is 11.9 Å². The molecule has 0 spiro atoms. The van der Waals surface area contributed by atoms with Gasteiger partial charge in [-0.1, -0.05) is 44.2 Å². The van der Waals surface area contributed by atoms with E-state index in [1.54, 1.807) is 0 Å². The third-order valence-corrected chi connectivity index (χ3v) is 2.48. The van der Waals surface area contributed by atoms with Crippen LogP contribution in [0, 0.1) is 0 Å². The van der Waals surface area contributed by atoms with Crippen molar-refractivity contribution in [1.82, 2.24) is 5.32 Å². The van der Waals surface area contributed by atoms with Gasteiger partial charge >= 0.3 is 0 Å². The maximum atomic E-state index is 12.0. The van der Waals surface area contributed by atoms with Gasteiger partial charge < -0.3 is 5.32 Å². The van der Waals surface area contributed by atoms with Gasteiger partial charge in [-0.2, -0.15) is 0 Å². The van der Waals surface area contributed by atoms with Crippen molar-refractivity contribution in [3.05, 3.63) is 35.9 Å². The van der Waals surface area contributed by atoms with Crippen LogP contribution in [0.4, 0.5) is 0 Å². The summed E-state index contributed by atoms with van der Waals surface area (Å²) in [5.74, 6) is 0.0729. The molecule has 0 aliphatic rings. The Morgan fingerprint density at radius 1 is 1.12 bits per heavy atom. The number of hydrogen-bond donors (Lipinski definition) is 1. The lowest BCUT2D eigenvalue weighted by Crippen LogP contribution is -2.43. The highest BCUT2D eigenvalue weighted by molar-refractivity contribution is 5.87. The van der Waals surface area contributed by atoms with E-state index in [4.69, 9.17) is 0 Å². The molecule has 0 aliphatic heterocycles. The molecule has 1 amide bonds. The molecule has 0 unspecified atom stereocenters. The third-order valence-electron chi connectivity index (χ3n) is 2.48. The number of carbonyl (C=O) groups excluding carboxylic acids is 1. The third kappa shape index (κ3) is 4.59. The van der Waals surface area contributed by atoms with Gasteiger partial charge in [0.1, 0.15) is 0 Å². The van der Waals surface area contributed by atoms with E-state index in [9.17, 15) is 4.79 Å². The van der Waals surface area contributed by atoms with Crippen LogP contribution in [0.25, 0.3) is 0 Å². The highest BCUT2D eigenvalue weighted by atomic mass is 16.2. The predicted octanol–water partition coefficient (Wildman–Crippen LogP) is 3.52. The quantitative estimate of drug-likeness (QED) is 0.853. The van der Waals surface area contributed by atoms with Crippen LogP contribution in [-0.2, 0) is 10.2 Å². The van der Waals surface area contributed by atoms with Crippen LogP contribution in [0.2, 0.25) is 0 Å². The lowest BCUT2D eigenvalue weighted by Gasteiger charge is -2.25. The highest BCUT2D eigenvalue weighted by Gasteiger charge is 2.29. The number of hydrogen-bond acceptors (Lipinski definition) is 1. The summed E-state index contributed by atoms with van der Waals surface area (Å²) in [5.41, 5.74) is 0.578. The molecule has 1 aromatic carbocycles. The van der Waals surface area contributed by atoms with E-state index in [2.05, 4.69) is 5.32 Å². The summed E-state index contributed by atoms with van der Waals surface area (Å²) < 4.78 is 0. The van der Waals surface area contributed by atoms with E-state index < -0.39 is 5.41 Å². The van der Waals surface area contributed by atoms with Gasteiger partial charge in [-0.05, 0) is 33.3 Å². The van der Waals surface area contributed by atoms with E-state index in [1.165, 1.54) is 0 Å². The first-order valence-corrected chi connectivity index (χ1v) is 6.31. The summed E-state index contributed by atoms with van der Waals surface area (Å²) in [6.07, 6.45) is 0. The molecule has 0 saturated carbocycles. The number of rotatable bonds is 3. The molecule has 0 atom stereocenters. The maximum Gasteiger partial charge on any atom is 0.230 e. The SMILES string of the molecule is CC.CC(C)NC(=O)C(C)(C)c1ccccc1. The molecule has 1 rings (SSSR count). The van der Waals surface area contributed by atoms with Crippen molar-refractivity contribution in [3.8, 4) is 0 Å². The molecular formula is C15H25NO. The van der Waals surface area contributed by atoms with Crippen molar-refractivity contribution < 1.29 is 4.79 Å². The van der Waals surface area contributed by atoms with E-state index in [1.807, 2.05) is 71.9 Å². The zero-order valence-corrected chi connectivity index (χ0v) is 11.9. The zero-order valence-electron chi connectivity index (χ0n) is 11.9. The van der Waals surface area contributed by atoms with Crippen molar-refractivity contribution in [3.63, 3.8) is 0 Å². The minimum Gasteiger partial charge on any atom is -0.353 e. The van der Waals surface area contributed by atoms with Gasteiger partial charge in [-0.15, -0.1) is 0 Å². The van der Waals surface area contributed by atoms with Crippen LogP contribution < -0.4 is 5.32 Å². The lowest BCUT2D eigenvalue weighted by molar-refractivity contribution is -0.126. The standard InChI is InChI=1S/C13H19NO.C2H6/c1-10(2)14-12(15)13(3,4)11-8-6-5-7-9-11;1-2/h5-10H,1-4H3,(H,14,15);1-2H3. The van der Waals surface area contributed by atoms with Gasteiger partial charge in [0.15, 0.2) is 0 Å². The van der Waals surface area contributed by atoms with E-state index >= 15 is 0 Å². The summed E-state index contributed by atoms with van der Waals surface area (Å²) in [5, 5.41) is 2.94. The van der Waals surface area contributed by atoms with Crippen LogP contribution in [0.3, 0.4) is 0 Å². The largest absolute Gasteiger partial charge is 0.353 e. The molecule has 96 valence electrons. The first-order chi connectivity index (χ1) is 7.94. The normalized spacial score (nSPS) is 10.5. The van der Waals surface area contributed by atoms with Crippen LogP contribution in [0.1, 0.15) is 47.1 Å². The van der Waals surface area contributed by atoms with Crippen LogP contribution in [0.15, 0.2) is 30.3 Å². The molecule has 2 nitrogen and oxygen atoms in total. The fourth-order valence-corrected chi connectivity index (χ4v) is 1.43. The zero-order chi connectivity index (χ0) is 13.5. The Balaban J connectivity index is 0.00000121. The molecule has 0 fully saturated rings. The van der Waals surface area contributed by atoms with Crippen molar-refractivity contribution in [2.24, 2.45) is 0 Å². The summed E-state index contributed by atoms with van der Waals surface area (Å²) in [6, 6.07) is 10.0. The van der Waals surface area contributed by atoms with Crippen LogP contribution in [0.5, 0.6) is 0 Å². The molecule has 1 aromatic rings. The second-order valence-corrected chi connectivity index (χ2v) is 4.62. The average molecular weight is 235 g/mol. The Labute approximate surface area is 105 Å². The van der Waals surface area contributed by atoms with Crippen LogP contribution >= 0.6 is 0 Å². The molecule has 17 heavy (non-hydrogen) atoms. The first-order valence-electron chi connectivity index (χ1n) is 6.31. The van der Waals surface area contributed by atoms with Gasteiger partial charge in [-0.25, -0.2) is 0 Å². The Kier molecular flexibility index (Phi) is 6.55. The highest BCUT2D eigenvalue weighted by Crippen LogP contribution is 2.22. The first kappa shape index (κ1) is 15.7. The summed E-state index contributed by atoms with van der Waals surface area (Å²) in [4.78, 5) is 12.0. The second kappa shape index (κ2) is 7.10. The Hall–Kier alpha value is -1.31. The monoisotopic (exact) mass is 235 g/mol. The van der Waals surface area contributed by atoms with Gasteiger partial charge in [0.05, 0.1) is 5.41 Å².